The number of hydrogen-bond donors (Lipinski definition) is 2. The van der Waals surface area contributed by atoms with Crippen LogP contribution in [-0.4, -0.2) is 28.5 Å². The van der Waals surface area contributed by atoms with E-state index in [0.29, 0.717) is 0 Å². The molecule has 0 amide bonds. The highest BCUT2D eigenvalue weighted by atomic mass is 19.1. The van der Waals surface area contributed by atoms with Crippen LogP contribution in [0.1, 0.15) is 45.7 Å². The van der Waals surface area contributed by atoms with Crippen molar-refractivity contribution in [2.45, 2.75) is 45.7 Å². The molecule has 1 heterocycles. The summed E-state index contributed by atoms with van der Waals surface area (Å²) in [4.78, 5) is 6.26. The van der Waals surface area contributed by atoms with E-state index >= 15 is 0 Å². The molecule has 0 fully saturated rings. The fourth-order valence-corrected chi connectivity index (χ4v) is 2.78. The Morgan fingerprint density at radius 3 is 2.42 bits per heavy atom. The zero-order valence-corrected chi connectivity index (χ0v) is 12.3. The van der Waals surface area contributed by atoms with Crippen LogP contribution in [0.25, 0.3) is 0 Å². The van der Waals surface area contributed by atoms with Crippen LogP contribution in [0.15, 0.2) is 18.5 Å². The quantitative estimate of drug-likeness (QED) is 0.588. The van der Waals surface area contributed by atoms with Gasteiger partial charge in [-0.15, -0.1) is 0 Å². The Kier molecular flexibility index (Phi) is 5.85. The van der Waals surface area contributed by atoms with Crippen LogP contribution in [0.3, 0.4) is 0 Å². The first-order chi connectivity index (χ1) is 9.03. The van der Waals surface area contributed by atoms with Gasteiger partial charge in [-0.3, -0.25) is 21.2 Å². The zero-order chi connectivity index (χ0) is 14.5. The number of nitrogens with zero attached hydrogens (tertiary/aromatic N) is 2. The molecule has 0 saturated heterocycles. The number of nitrogens with one attached hydrogen (secondary N) is 1. The lowest BCUT2D eigenvalue weighted by atomic mass is 9.83. The van der Waals surface area contributed by atoms with E-state index in [1.54, 1.807) is 6.20 Å². The van der Waals surface area contributed by atoms with E-state index in [-0.39, 0.29) is 17.4 Å². The summed E-state index contributed by atoms with van der Waals surface area (Å²) in [5.74, 6) is 5.40. The smallest absolute Gasteiger partial charge is 0.141 e. The normalized spacial score (nSPS) is 16.4. The summed E-state index contributed by atoms with van der Waals surface area (Å²) in [5, 5.41) is 0. The third kappa shape index (κ3) is 3.29. The summed E-state index contributed by atoms with van der Waals surface area (Å²) < 4.78 is 13.4. The Balaban J connectivity index is 3.18. The number of hydrazine groups is 1. The van der Waals surface area contributed by atoms with E-state index in [2.05, 4.69) is 43.0 Å². The second kappa shape index (κ2) is 6.93. The highest BCUT2D eigenvalue weighted by molar-refractivity contribution is 5.20. The minimum Gasteiger partial charge on any atom is -0.297 e. The largest absolute Gasteiger partial charge is 0.297 e. The summed E-state index contributed by atoms with van der Waals surface area (Å²) in [5.41, 5.74) is 3.43. The Morgan fingerprint density at radius 2 is 2.00 bits per heavy atom. The Hall–Kier alpha value is -1.04. The minimum atomic E-state index is -0.337. The van der Waals surface area contributed by atoms with Gasteiger partial charge in [0, 0.05) is 11.7 Å². The number of aromatic nitrogens is 1. The van der Waals surface area contributed by atoms with Crippen molar-refractivity contribution in [3.05, 3.63) is 29.8 Å². The second-order valence-corrected chi connectivity index (χ2v) is 4.92. The molecule has 0 radical (unpaired) electrons. The molecule has 3 N–H and O–H groups in total. The molecule has 108 valence electrons. The summed E-state index contributed by atoms with van der Waals surface area (Å²) in [7, 11) is 0. The van der Waals surface area contributed by atoms with Gasteiger partial charge in [-0.05, 0) is 38.1 Å². The standard InChI is InChI=1S/C14H25FN4/c1-5-14(4,19(6-2)7-3)13(18-16)11-8-12(15)10-17-9-11/h8-10,13,18H,5-7,16H2,1-4H3. The number of hydrogen-bond acceptors (Lipinski definition) is 4. The second-order valence-electron chi connectivity index (χ2n) is 4.92. The molecule has 5 heteroatoms. The van der Waals surface area contributed by atoms with Gasteiger partial charge in [-0.2, -0.15) is 0 Å². The lowest BCUT2D eigenvalue weighted by molar-refractivity contribution is 0.0696. The van der Waals surface area contributed by atoms with Gasteiger partial charge in [-0.25, -0.2) is 4.39 Å². The van der Waals surface area contributed by atoms with Crippen molar-refractivity contribution in [2.75, 3.05) is 13.1 Å². The van der Waals surface area contributed by atoms with Gasteiger partial charge in [0.05, 0.1) is 12.2 Å². The van der Waals surface area contributed by atoms with Crippen LogP contribution in [0, 0.1) is 5.82 Å². The van der Waals surface area contributed by atoms with E-state index in [1.165, 1.54) is 12.3 Å². The predicted molar refractivity (Wildman–Crippen MR) is 75.9 cm³/mol. The molecule has 4 nitrogen and oxygen atoms in total. The van der Waals surface area contributed by atoms with Crippen LogP contribution >= 0.6 is 0 Å². The molecular formula is C14H25FN4. The summed E-state index contributed by atoms with van der Waals surface area (Å²) in [6.45, 7) is 10.3. The minimum absolute atomic E-state index is 0.166. The lowest BCUT2D eigenvalue weighted by Crippen LogP contribution is -2.55. The molecule has 19 heavy (non-hydrogen) atoms. The molecule has 0 saturated carbocycles. The molecule has 2 unspecified atom stereocenters. The molecular weight excluding hydrogens is 243 g/mol. The average Bonchev–Trinajstić information content (AvgIpc) is 2.41. The van der Waals surface area contributed by atoms with E-state index < -0.39 is 0 Å². The Bertz CT molecular complexity index is 395. The molecule has 0 spiro atoms. The maximum absolute atomic E-state index is 13.4. The monoisotopic (exact) mass is 268 g/mol. The van der Waals surface area contributed by atoms with Crippen LogP contribution < -0.4 is 11.3 Å². The molecule has 0 aliphatic heterocycles. The van der Waals surface area contributed by atoms with Gasteiger partial charge in [0.25, 0.3) is 0 Å². The molecule has 0 aromatic carbocycles. The summed E-state index contributed by atoms with van der Waals surface area (Å²) in [6, 6.07) is 1.33. The number of halogens is 1. The van der Waals surface area contributed by atoms with Crippen LogP contribution in [0.5, 0.6) is 0 Å². The molecule has 0 bridgehead atoms. The van der Waals surface area contributed by atoms with Gasteiger partial charge in [0.1, 0.15) is 5.82 Å². The molecule has 1 aromatic rings. The van der Waals surface area contributed by atoms with Gasteiger partial charge < -0.3 is 0 Å². The van der Waals surface area contributed by atoms with E-state index in [0.717, 1.165) is 25.1 Å². The maximum atomic E-state index is 13.4. The Morgan fingerprint density at radius 1 is 1.37 bits per heavy atom. The third-order valence-corrected chi connectivity index (χ3v) is 4.05. The molecule has 1 rings (SSSR count). The average molecular weight is 268 g/mol. The first kappa shape index (κ1) is 16.0. The fraction of sp³-hybridized carbons (Fsp3) is 0.643. The van der Waals surface area contributed by atoms with Crippen molar-refractivity contribution in [1.82, 2.24) is 15.3 Å². The molecule has 0 aliphatic carbocycles. The van der Waals surface area contributed by atoms with Crippen molar-refractivity contribution in [3.63, 3.8) is 0 Å². The predicted octanol–water partition coefficient (Wildman–Crippen LogP) is 2.24. The number of likely N-dealkylation sites (N-methyl/N-ethyl adjacent to an activating group) is 1. The SMILES string of the molecule is CCN(CC)C(C)(CC)C(NN)c1cncc(F)c1. The first-order valence-corrected chi connectivity index (χ1v) is 6.85. The fourth-order valence-electron chi connectivity index (χ4n) is 2.78. The van der Waals surface area contributed by atoms with Crippen molar-refractivity contribution >= 4 is 0 Å². The number of nitrogens with two attached hydrogens (primary N) is 1. The number of pyridine rings is 1. The van der Waals surface area contributed by atoms with E-state index in [4.69, 9.17) is 5.84 Å². The molecule has 1 aromatic heterocycles. The van der Waals surface area contributed by atoms with E-state index in [9.17, 15) is 4.39 Å². The van der Waals surface area contributed by atoms with Crippen LogP contribution in [0.4, 0.5) is 4.39 Å². The lowest BCUT2D eigenvalue weighted by Gasteiger charge is -2.45. The van der Waals surface area contributed by atoms with Gasteiger partial charge >= 0.3 is 0 Å². The van der Waals surface area contributed by atoms with Crippen LogP contribution in [-0.2, 0) is 0 Å². The summed E-state index contributed by atoms with van der Waals surface area (Å²) in [6.07, 6.45) is 3.78. The van der Waals surface area contributed by atoms with Crippen molar-refractivity contribution in [3.8, 4) is 0 Å². The van der Waals surface area contributed by atoms with Crippen molar-refractivity contribution < 1.29 is 4.39 Å². The van der Waals surface area contributed by atoms with Gasteiger partial charge in [-0.1, -0.05) is 20.8 Å². The summed E-state index contributed by atoms with van der Waals surface area (Å²) >= 11 is 0. The highest BCUT2D eigenvalue weighted by Gasteiger charge is 2.37. The van der Waals surface area contributed by atoms with Crippen molar-refractivity contribution in [1.29, 1.82) is 0 Å². The maximum Gasteiger partial charge on any atom is 0.141 e. The first-order valence-electron chi connectivity index (χ1n) is 6.85. The zero-order valence-electron chi connectivity index (χ0n) is 12.3. The number of rotatable bonds is 7. The molecule has 0 aliphatic rings. The van der Waals surface area contributed by atoms with Gasteiger partial charge in [0.15, 0.2) is 0 Å². The van der Waals surface area contributed by atoms with E-state index in [1.807, 2.05) is 0 Å². The third-order valence-electron chi connectivity index (χ3n) is 4.05. The Labute approximate surface area is 115 Å². The van der Waals surface area contributed by atoms with Crippen molar-refractivity contribution in [2.24, 2.45) is 5.84 Å². The molecule has 2 atom stereocenters. The van der Waals surface area contributed by atoms with Crippen LogP contribution in [0.2, 0.25) is 0 Å². The van der Waals surface area contributed by atoms with Gasteiger partial charge in [0.2, 0.25) is 0 Å². The topological polar surface area (TPSA) is 54.2 Å². The highest BCUT2D eigenvalue weighted by Crippen LogP contribution is 2.33.